The summed E-state index contributed by atoms with van der Waals surface area (Å²) in [6.07, 6.45) is 5.60. The Kier molecular flexibility index (Phi) is 21.7. The van der Waals surface area contributed by atoms with Gasteiger partial charge in [0.2, 0.25) is 5.79 Å². The molecule has 1 aliphatic carbocycles. The molecule has 3 fully saturated rings. The van der Waals surface area contributed by atoms with Crippen molar-refractivity contribution in [3.05, 3.63) is 63.7 Å². The summed E-state index contributed by atoms with van der Waals surface area (Å²) in [6.45, 7) is 12.6. The van der Waals surface area contributed by atoms with Crippen molar-refractivity contribution in [2.24, 2.45) is 35.5 Å². The molecule has 0 radical (unpaired) electrons. The van der Waals surface area contributed by atoms with Gasteiger partial charge in [0.15, 0.2) is 5.78 Å². The first-order chi connectivity index (χ1) is 35.5. The molecule has 18 heteroatoms. The number of hydrogen-bond donors (Lipinski definition) is 3. The summed E-state index contributed by atoms with van der Waals surface area (Å²) in [6, 6.07) is 3.51. The number of allylic oxidation sites excluding steroid dienone is 1. The summed E-state index contributed by atoms with van der Waals surface area (Å²) in [4.78, 5) is 79.9. The maximum Gasteiger partial charge on any atom is 0.329 e. The van der Waals surface area contributed by atoms with Crippen LogP contribution in [0.25, 0.3) is 0 Å². The molecule has 17 atom stereocenters. The number of rotatable bonds is 7. The van der Waals surface area contributed by atoms with E-state index >= 15 is 0 Å². The van der Waals surface area contributed by atoms with Crippen molar-refractivity contribution in [3.63, 3.8) is 0 Å². The Hall–Kier alpha value is -3.55. The van der Waals surface area contributed by atoms with Crippen LogP contribution in [-0.2, 0) is 52.5 Å². The number of ketones is 3. The number of aliphatic hydroxyl groups excluding tert-OH is 2. The van der Waals surface area contributed by atoms with Crippen LogP contribution in [0.3, 0.4) is 0 Å². The first kappa shape index (κ1) is 60.7. The van der Waals surface area contributed by atoms with Crippen LogP contribution in [0.4, 0.5) is 5.69 Å². The highest BCUT2D eigenvalue weighted by Gasteiger charge is 2.53. The van der Waals surface area contributed by atoms with Gasteiger partial charge in [0.25, 0.3) is 11.7 Å². The molecule has 4 bridgehead atoms. The summed E-state index contributed by atoms with van der Waals surface area (Å²) in [7, 11) is 4.47. The number of carbonyl (C=O) groups is 5. The van der Waals surface area contributed by atoms with Gasteiger partial charge in [0.1, 0.15) is 41.9 Å². The van der Waals surface area contributed by atoms with Gasteiger partial charge < -0.3 is 43.9 Å². The van der Waals surface area contributed by atoms with Crippen molar-refractivity contribution in [1.29, 1.82) is 0 Å². The van der Waals surface area contributed by atoms with Gasteiger partial charge in [-0.2, -0.15) is 0 Å². The third kappa shape index (κ3) is 14.4. The quantitative estimate of drug-likeness (QED) is 0.134. The number of amides is 1. The van der Waals surface area contributed by atoms with Gasteiger partial charge in [-0.1, -0.05) is 82.1 Å². The predicted octanol–water partition coefficient (Wildman–Crippen LogP) is 8.12. The molecular weight excluding hydrogens is 1010 g/mol. The fourth-order valence-electron chi connectivity index (χ4n) is 11.9. The molecule has 1 aromatic carbocycles. The molecule has 2 unspecified atom stereocenters. The van der Waals surface area contributed by atoms with E-state index in [1.807, 2.05) is 39.0 Å². The van der Waals surface area contributed by atoms with Crippen molar-refractivity contribution >= 4 is 58.1 Å². The molecule has 6 aliphatic rings. The van der Waals surface area contributed by atoms with E-state index in [1.54, 1.807) is 71.3 Å². The highest BCUT2D eigenvalue weighted by atomic mass is 35.5. The van der Waals surface area contributed by atoms with Gasteiger partial charge in [-0.05, 0) is 125 Å². The van der Waals surface area contributed by atoms with Crippen LogP contribution in [0.2, 0.25) is 10.0 Å². The third-order valence-electron chi connectivity index (χ3n) is 16.6. The number of ether oxygens (including phenoxy) is 5. The molecule has 7 rings (SSSR count). The second kappa shape index (κ2) is 26.9. The van der Waals surface area contributed by atoms with Crippen LogP contribution < -0.4 is 5.06 Å². The van der Waals surface area contributed by atoms with Crippen LogP contribution in [0.15, 0.2) is 53.6 Å². The zero-order chi connectivity index (χ0) is 55.1. The van der Waals surface area contributed by atoms with Crippen molar-refractivity contribution in [2.75, 3.05) is 32.9 Å². The molecule has 1 amide bonds. The Labute approximate surface area is 453 Å². The number of hydrogen-bond acceptors (Lipinski definition) is 15. The maximum atomic E-state index is 14.5. The van der Waals surface area contributed by atoms with Crippen molar-refractivity contribution < 1.29 is 67.8 Å². The molecular formula is C57H82Cl2N2O14. The van der Waals surface area contributed by atoms with Crippen LogP contribution >= 0.6 is 23.2 Å². The Morgan fingerprint density at radius 1 is 0.840 bits per heavy atom. The van der Waals surface area contributed by atoms with Gasteiger partial charge in [-0.25, -0.2) is 9.86 Å². The molecule has 1 aromatic rings. The SMILES string of the molecule is CO[C@H]1C[C@@H]2CC[C@@H](C)[C@@](O)(O2)C(=O)C(=O)N2CCCC[C@H]2C(=O)O[C@H]([C@H](C)C[C@@H]2CC[C@@H](O)[C@H](OC)C2)CC(=O)[C@H](C)/C=C(\C)[C@@H](O)[C@@H](OC)C(=O)[C@H](C)C[C@H](C)C2C=CC(/C=C/1C)ON2c1c(Cl)cccc1Cl. The van der Waals surface area contributed by atoms with E-state index in [-0.39, 0.29) is 61.2 Å². The number of anilines is 1. The maximum absolute atomic E-state index is 14.5. The molecule has 5 heterocycles. The number of esters is 1. The van der Waals surface area contributed by atoms with E-state index in [2.05, 4.69) is 0 Å². The molecule has 0 aromatic heterocycles. The summed E-state index contributed by atoms with van der Waals surface area (Å²) in [5.74, 6) is -8.85. The summed E-state index contributed by atoms with van der Waals surface area (Å²) >= 11 is 13.6. The molecule has 2 saturated heterocycles. The van der Waals surface area contributed by atoms with E-state index in [9.17, 15) is 39.3 Å². The average Bonchev–Trinajstić information content (AvgIpc) is 3.38. The fraction of sp³-hybridized carbons (Fsp3) is 0.702. The van der Waals surface area contributed by atoms with Gasteiger partial charge in [-0.15, -0.1) is 0 Å². The van der Waals surface area contributed by atoms with Gasteiger partial charge in [0.05, 0.1) is 40.5 Å². The second-order valence-corrected chi connectivity index (χ2v) is 23.0. The minimum atomic E-state index is -2.50. The number of aliphatic hydroxyl groups is 3. The third-order valence-corrected chi connectivity index (χ3v) is 17.2. The largest absolute Gasteiger partial charge is 0.460 e. The number of benzene rings is 1. The van der Waals surface area contributed by atoms with E-state index < -0.39 is 96.0 Å². The van der Waals surface area contributed by atoms with Crippen molar-refractivity contribution in [3.8, 4) is 0 Å². The number of methoxy groups -OCH3 is 3. The fourth-order valence-corrected chi connectivity index (χ4v) is 12.4. The summed E-state index contributed by atoms with van der Waals surface area (Å²) in [5, 5.41) is 36.8. The number of carbonyl (C=O) groups excluding carboxylic acids is 5. The normalized spacial score (nSPS) is 38.5. The van der Waals surface area contributed by atoms with E-state index in [1.165, 1.54) is 12.0 Å². The van der Waals surface area contributed by atoms with Crippen LogP contribution in [0.5, 0.6) is 0 Å². The average molecular weight is 1090 g/mol. The number of halogens is 2. The predicted molar refractivity (Wildman–Crippen MR) is 284 cm³/mol. The summed E-state index contributed by atoms with van der Waals surface area (Å²) in [5.41, 5.74) is 1.53. The number of Topliss-reactive ketones (excluding diaryl/α,β-unsaturated/α-hetero) is 3. The van der Waals surface area contributed by atoms with E-state index in [4.69, 9.17) is 51.7 Å². The molecule has 1 saturated carbocycles. The number of nitrogens with zero attached hydrogens (tertiary/aromatic N) is 2. The van der Waals surface area contributed by atoms with Crippen LogP contribution in [0, 0.1) is 35.5 Å². The van der Waals surface area contributed by atoms with Crippen LogP contribution in [-0.4, -0.2) is 144 Å². The summed E-state index contributed by atoms with van der Waals surface area (Å²) < 4.78 is 29.8. The number of para-hydroxylation sites is 1. The topological polar surface area (TPSA) is 208 Å². The lowest BCUT2D eigenvalue weighted by Crippen LogP contribution is -2.61. The van der Waals surface area contributed by atoms with Gasteiger partial charge in [0, 0.05) is 58.5 Å². The Balaban J connectivity index is 1.37. The first-order valence-corrected chi connectivity index (χ1v) is 27.7. The Bertz CT molecular complexity index is 2250. The van der Waals surface area contributed by atoms with E-state index in [0.717, 1.165) is 5.57 Å². The standard InChI is InChI=1S/C57H82Cl2N2O14/c1-31-24-35(5)51(64)53(72-10)52(65)36(6)25-32(2)46(63)30-48(33(3)26-38-18-22-45(62)49(28-38)71-9)73-56(68)44-16-11-12-23-60(44)55(67)54(66)57(69)37(7)17-19-39(74-57)29-47(70-8)34(4)27-40-20-21-43(31)61(75-40)50-41(58)14-13-15-42(50)59/h13-15,20-21,25,27,31-33,35,37-40,43-45,47-49,52-53,62,65,69H,11-12,16-19,22-24,26,28-30H2,1-10H3/b34-27+,36-25+/t31-,32+,33+,35+,37+,38-,39-,40?,43?,44-,45+,47-,48-,49+,52+,53-,57+/m0/s1. The smallest absolute Gasteiger partial charge is 0.329 e. The van der Waals surface area contributed by atoms with E-state index in [0.29, 0.717) is 79.1 Å². The minimum absolute atomic E-state index is 0.0561. The van der Waals surface area contributed by atoms with Crippen LogP contribution in [0.1, 0.15) is 126 Å². The molecule has 3 N–H and O–H groups in total. The van der Waals surface area contributed by atoms with Crippen molar-refractivity contribution in [2.45, 2.75) is 192 Å². The molecule has 75 heavy (non-hydrogen) atoms. The molecule has 5 aliphatic heterocycles. The molecule has 0 spiro atoms. The Morgan fingerprint density at radius 2 is 1.55 bits per heavy atom. The first-order valence-electron chi connectivity index (χ1n) is 26.9. The highest BCUT2D eigenvalue weighted by Crippen LogP contribution is 2.41. The number of piperidine rings is 1. The lowest BCUT2D eigenvalue weighted by Gasteiger charge is -2.43. The molecule has 16 nitrogen and oxygen atoms in total. The number of hydroxylamine groups is 1. The zero-order valence-electron chi connectivity index (χ0n) is 45.5. The minimum Gasteiger partial charge on any atom is -0.460 e. The molecule has 418 valence electrons. The second-order valence-electron chi connectivity index (χ2n) is 22.2. The van der Waals surface area contributed by atoms with Gasteiger partial charge in [-0.3, -0.25) is 24.0 Å². The number of fused-ring (bicyclic) bond motifs is 16. The highest BCUT2D eigenvalue weighted by molar-refractivity contribution is 6.39. The van der Waals surface area contributed by atoms with Crippen molar-refractivity contribution in [1.82, 2.24) is 4.90 Å². The van der Waals surface area contributed by atoms with Gasteiger partial charge >= 0.3 is 5.97 Å². The lowest BCUT2D eigenvalue weighted by molar-refractivity contribution is -0.265. The lowest BCUT2D eigenvalue weighted by atomic mass is 9.78. The Morgan fingerprint density at radius 3 is 2.21 bits per heavy atom. The zero-order valence-corrected chi connectivity index (χ0v) is 47.0. The monoisotopic (exact) mass is 1090 g/mol.